The van der Waals surface area contributed by atoms with Gasteiger partial charge in [-0.3, -0.25) is 4.79 Å². The lowest BCUT2D eigenvalue weighted by Crippen LogP contribution is -2.35. The maximum absolute atomic E-state index is 12.1. The van der Waals surface area contributed by atoms with Gasteiger partial charge >= 0.3 is 0 Å². The predicted octanol–water partition coefficient (Wildman–Crippen LogP) is 2.50. The molecule has 1 aromatic rings. The van der Waals surface area contributed by atoms with Crippen molar-refractivity contribution in [2.75, 3.05) is 13.1 Å². The lowest BCUT2D eigenvalue weighted by Gasteiger charge is -2.20. The number of carbonyl (C=O) groups excluding carboxylic acids is 1. The Bertz CT molecular complexity index is 456. The van der Waals surface area contributed by atoms with Crippen LogP contribution in [0, 0.1) is 5.92 Å². The summed E-state index contributed by atoms with van der Waals surface area (Å²) in [6.45, 7) is 4.86. The number of aliphatic hydroxyl groups is 1. The first kappa shape index (κ1) is 14.4. The van der Waals surface area contributed by atoms with Crippen molar-refractivity contribution in [2.24, 2.45) is 5.92 Å². The Hall–Kier alpha value is -1.06. The second kappa shape index (κ2) is 5.51. The standard InChI is InChI=1S/C15H20ClNO2/c1-11-9-17(10-15(11,2)19)14(18)8-5-12-3-6-13(16)7-4-12/h3-4,6-7,11,19H,5,8-10H2,1-2H3. The summed E-state index contributed by atoms with van der Waals surface area (Å²) in [6.07, 6.45) is 1.19. The summed E-state index contributed by atoms with van der Waals surface area (Å²) in [6, 6.07) is 7.56. The van der Waals surface area contributed by atoms with Gasteiger partial charge in [-0.15, -0.1) is 0 Å². The first-order chi connectivity index (χ1) is 8.88. The molecule has 0 aromatic heterocycles. The lowest BCUT2D eigenvalue weighted by molar-refractivity contribution is -0.131. The number of halogens is 1. The second-order valence-electron chi connectivity index (χ2n) is 5.66. The maximum Gasteiger partial charge on any atom is 0.223 e. The Morgan fingerprint density at radius 1 is 1.47 bits per heavy atom. The molecule has 4 heteroatoms. The molecule has 1 amide bonds. The Kier molecular flexibility index (Phi) is 4.16. The average Bonchev–Trinajstić information content (AvgIpc) is 2.63. The predicted molar refractivity (Wildman–Crippen MR) is 76.1 cm³/mol. The topological polar surface area (TPSA) is 40.5 Å². The molecule has 2 rings (SSSR count). The van der Waals surface area contributed by atoms with Gasteiger partial charge in [0.1, 0.15) is 0 Å². The van der Waals surface area contributed by atoms with E-state index in [1.54, 1.807) is 11.8 Å². The highest BCUT2D eigenvalue weighted by atomic mass is 35.5. The Morgan fingerprint density at radius 3 is 2.63 bits per heavy atom. The molecule has 3 nitrogen and oxygen atoms in total. The molecular weight excluding hydrogens is 262 g/mol. The monoisotopic (exact) mass is 281 g/mol. The molecule has 2 unspecified atom stereocenters. The number of β-amino-alcohol motifs (C(OH)–C–C–N with tert-alkyl or cyclic N) is 1. The Morgan fingerprint density at radius 2 is 2.11 bits per heavy atom. The number of benzene rings is 1. The van der Waals surface area contributed by atoms with E-state index >= 15 is 0 Å². The van der Waals surface area contributed by atoms with Crippen molar-refractivity contribution in [1.29, 1.82) is 0 Å². The van der Waals surface area contributed by atoms with Crippen LogP contribution in [0.5, 0.6) is 0 Å². The molecule has 1 N–H and O–H groups in total. The zero-order valence-corrected chi connectivity index (χ0v) is 12.2. The first-order valence-corrected chi connectivity index (χ1v) is 7.01. The van der Waals surface area contributed by atoms with E-state index in [0.717, 1.165) is 5.56 Å². The van der Waals surface area contributed by atoms with Crippen LogP contribution in [-0.4, -0.2) is 34.6 Å². The summed E-state index contributed by atoms with van der Waals surface area (Å²) >= 11 is 5.82. The van der Waals surface area contributed by atoms with Crippen molar-refractivity contribution in [2.45, 2.75) is 32.3 Å². The Balaban J connectivity index is 1.87. The van der Waals surface area contributed by atoms with E-state index in [9.17, 15) is 9.90 Å². The minimum absolute atomic E-state index is 0.111. The molecule has 19 heavy (non-hydrogen) atoms. The number of carbonyl (C=O) groups is 1. The molecule has 1 fully saturated rings. The van der Waals surface area contributed by atoms with E-state index in [-0.39, 0.29) is 11.8 Å². The molecule has 0 bridgehead atoms. The van der Waals surface area contributed by atoms with Gasteiger partial charge in [0.2, 0.25) is 5.91 Å². The van der Waals surface area contributed by atoms with E-state index in [1.807, 2.05) is 31.2 Å². The number of amides is 1. The number of nitrogens with zero attached hydrogens (tertiary/aromatic N) is 1. The van der Waals surface area contributed by atoms with Crippen LogP contribution in [0.25, 0.3) is 0 Å². The third-order valence-corrected chi connectivity index (χ3v) is 4.21. The molecule has 0 aliphatic carbocycles. The summed E-state index contributed by atoms with van der Waals surface area (Å²) in [5.74, 6) is 0.242. The zero-order valence-electron chi connectivity index (χ0n) is 11.4. The van der Waals surface area contributed by atoms with Gasteiger partial charge in [0.25, 0.3) is 0 Å². The highest BCUT2D eigenvalue weighted by molar-refractivity contribution is 6.30. The van der Waals surface area contributed by atoms with Crippen molar-refractivity contribution >= 4 is 17.5 Å². The molecule has 1 heterocycles. The number of likely N-dealkylation sites (tertiary alicyclic amines) is 1. The van der Waals surface area contributed by atoms with Crippen LogP contribution in [0.1, 0.15) is 25.8 Å². The number of hydrogen-bond acceptors (Lipinski definition) is 2. The summed E-state index contributed by atoms with van der Waals surface area (Å²) in [5, 5.41) is 10.8. The van der Waals surface area contributed by atoms with Gasteiger partial charge in [-0.25, -0.2) is 0 Å². The number of rotatable bonds is 3. The molecule has 0 radical (unpaired) electrons. The first-order valence-electron chi connectivity index (χ1n) is 6.63. The molecule has 0 spiro atoms. The maximum atomic E-state index is 12.1. The van der Waals surface area contributed by atoms with Crippen LogP contribution in [0.3, 0.4) is 0 Å². The van der Waals surface area contributed by atoms with Crippen LogP contribution in [0.15, 0.2) is 24.3 Å². The third-order valence-electron chi connectivity index (χ3n) is 3.96. The second-order valence-corrected chi connectivity index (χ2v) is 6.10. The van der Waals surface area contributed by atoms with Crippen molar-refractivity contribution in [3.05, 3.63) is 34.9 Å². The average molecular weight is 282 g/mol. The highest BCUT2D eigenvalue weighted by Gasteiger charge is 2.40. The zero-order chi connectivity index (χ0) is 14.0. The highest BCUT2D eigenvalue weighted by Crippen LogP contribution is 2.27. The fraction of sp³-hybridized carbons (Fsp3) is 0.533. The van der Waals surface area contributed by atoms with E-state index < -0.39 is 5.60 Å². The van der Waals surface area contributed by atoms with Crippen molar-refractivity contribution in [1.82, 2.24) is 4.90 Å². The molecule has 1 aliphatic heterocycles. The molecular formula is C15H20ClNO2. The van der Waals surface area contributed by atoms with E-state index in [2.05, 4.69) is 0 Å². The van der Waals surface area contributed by atoms with Gasteiger partial charge in [-0.1, -0.05) is 30.7 Å². The number of aryl methyl sites for hydroxylation is 1. The van der Waals surface area contributed by atoms with Gasteiger partial charge < -0.3 is 10.0 Å². The SMILES string of the molecule is CC1CN(C(=O)CCc2ccc(Cl)cc2)CC1(C)O. The van der Waals surface area contributed by atoms with Gasteiger partial charge in [-0.05, 0) is 31.0 Å². The summed E-state index contributed by atoms with van der Waals surface area (Å²) < 4.78 is 0. The van der Waals surface area contributed by atoms with Crippen molar-refractivity contribution < 1.29 is 9.90 Å². The fourth-order valence-electron chi connectivity index (χ4n) is 2.38. The molecule has 1 saturated heterocycles. The summed E-state index contributed by atoms with van der Waals surface area (Å²) in [5.41, 5.74) is 0.354. The van der Waals surface area contributed by atoms with Crippen molar-refractivity contribution in [3.63, 3.8) is 0 Å². The quantitative estimate of drug-likeness (QED) is 0.925. The summed E-state index contributed by atoms with van der Waals surface area (Å²) in [4.78, 5) is 13.9. The van der Waals surface area contributed by atoms with Gasteiger partial charge in [0.05, 0.1) is 5.60 Å². The molecule has 1 aromatic carbocycles. The molecule has 2 atom stereocenters. The third kappa shape index (κ3) is 3.48. The largest absolute Gasteiger partial charge is 0.388 e. The van der Waals surface area contributed by atoms with E-state index in [0.29, 0.717) is 31.0 Å². The Labute approximate surface area is 119 Å². The minimum atomic E-state index is -0.754. The van der Waals surface area contributed by atoms with Crippen LogP contribution >= 0.6 is 11.6 Å². The normalized spacial score (nSPS) is 26.7. The van der Waals surface area contributed by atoms with Gasteiger partial charge in [0, 0.05) is 30.5 Å². The lowest BCUT2D eigenvalue weighted by atomic mass is 9.95. The summed E-state index contributed by atoms with van der Waals surface area (Å²) in [7, 11) is 0. The van der Waals surface area contributed by atoms with E-state index in [4.69, 9.17) is 11.6 Å². The van der Waals surface area contributed by atoms with Crippen LogP contribution < -0.4 is 0 Å². The van der Waals surface area contributed by atoms with Crippen LogP contribution in [0.4, 0.5) is 0 Å². The smallest absolute Gasteiger partial charge is 0.223 e. The van der Waals surface area contributed by atoms with Crippen molar-refractivity contribution in [3.8, 4) is 0 Å². The fourth-order valence-corrected chi connectivity index (χ4v) is 2.51. The van der Waals surface area contributed by atoms with Crippen LogP contribution in [0.2, 0.25) is 5.02 Å². The molecule has 1 aliphatic rings. The minimum Gasteiger partial charge on any atom is -0.388 e. The van der Waals surface area contributed by atoms with Gasteiger partial charge in [-0.2, -0.15) is 0 Å². The number of hydrogen-bond donors (Lipinski definition) is 1. The van der Waals surface area contributed by atoms with Gasteiger partial charge in [0.15, 0.2) is 0 Å². The van der Waals surface area contributed by atoms with Crippen LogP contribution in [-0.2, 0) is 11.2 Å². The molecule has 0 saturated carbocycles. The van der Waals surface area contributed by atoms with E-state index in [1.165, 1.54) is 0 Å². The molecule has 104 valence electrons.